The summed E-state index contributed by atoms with van der Waals surface area (Å²) in [5, 5.41) is 9.76. The molecule has 1 aromatic heterocycles. The Hall–Kier alpha value is -3.73. The van der Waals surface area contributed by atoms with Crippen molar-refractivity contribution in [2.45, 2.75) is 81.1 Å². The van der Waals surface area contributed by atoms with Gasteiger partial charge in [0.2, 0.25) is 6.71 Å². The molecule has 0 atom stereocenters. The van der Waals surface area contributed by atoms with Crippen LogP contribution in [0.5, 0.6) is 0 Å². The summed E-state index contributed by atoms with van der Waals surface area (Å²) in [7, 11) is 0. The van der Waals surface area contributed by atoms with Crippen LogP contribution in [-0.4, -0.2) is 27.2 Å². The second kappa shape index (κ2) is 16.1. The van der Waals surface area contributed by atoms with Gasteiger partial charge in [0.1, 0.15) is 0 Å². The number of carbonyl (C=O) groups excluding carboxylic acids is 1. The van der Waals surface area contributed by atoms with Crippen molar-refractivity contribution in [3.63, 3.8) is 0 Å². The van der Waals surface area contributed by atoms with E-state index in [4.69, 9.17) is 4.98 Å². The molecule has 48 heavy (non-hydrogen) atoms. The molecule has 0 spiro atoms. The largest absolute Gasteiger partial charge is 0.512 e. The van der Waals surface area contributed by atoms with Crippen molar-refractivity contribution >= 4 is 39.9 Å². The first-order valence-corrected chi connectivity index (χ1v) is 17.2. The number of allylic oxidation sites excluding steroid dienone is 2. The first kappa shape index (κ1) is 37.1. The summed E-state index contributed by atoms with van der Waals surface area (Å²) in [4.78, 5) is 16.9. The minimum Gasteiger partial charge on any atom is -0.512 e. The summed E-state index contributed by atoms with van der Waals surface area (Å²) in [6.07, 6.45) is 4.91. The van der Waals surface area contributed by atoms with E-state index in [2.05, 4.69) is 111 Å². The van der Waals surface area contributed by atoms with Crippen molar-refractivity contribution in [2.24, 2.45) is 11.8 Å². The van der Waals surface area contributed by atoms with Crippen LogP contribution in [-0.2, 0) is 24.9 Å². The van der Waals surface area contributed by atoms with Gasteiger partial charge in [0.25, 0.3) is 0 Å². The second-order valence-corrected chi connectivity index (χ2v) is 13.0. The third-order valence-corrected chi connectivity index (χ3v) is 9.81. The molecule has 5 aromatic rings. The molecule has 6 rings (SSSR count). The second-order valence-electron chi connectivity index (χ2n) is 13.0. The van der Waals surface area contributed by atoms with E-state index in [9.17, 15) is 9.90 Å². The van der Waals surface area contributed by atoms with Gasteiger partial charge in [0, 0.05) is 43.7 Å². The third kappa shape index (κ3) is 7.31. The Bertz CT molecular complexity index is 1890. The molecule has 1 aliphatic heterocycles. The molecular weight excluding hydrogens is 768 g/mol. The van der Waals surface area contributed by atoms with Crippen LogP contribution >= 0.6 is 0 Å². The first-order valence-electron chi connectivity index (χ1n) is 17.2. The molecule has 0 saturated carbocycles. The van der Waals surface area contributed by atoms with E-state index in [0.29, 0.717) is 0 Å². The Labute approximate surface area is 301 Å². The molecule has 0 saturated heterocycles. The molecule has 0 fully saturated rings. The number of aromatic nitrogens is 2. The Morgan fingerprint density at radius 2 is 1.44 bits per heavy atom. The van der Waals surface area contributed by atoms with Gasteiger partial charge in [0.05, 0.1) is 22.6 Å². The quantitative estimate of drug-likeness (QED) is 0.0691. The standard InChI is InChI=1S/C29H24BN2.C13H24O2.Ir/c1-18-15-19(2)17-22(16-18)29-31-25-13-8-12-24-28(25)32(29)26-14-6-5-11-23(26)30(24)27-20(3)9-7-10-21(27)4;1-5-10(6-2)12(14)9-13(15)11(7-3)8-4;/h5-16H,1-4H3;9-11,14H,5-8H2,1-4H3;/q-1;;/b;12-9-;. The molecule has 4 aromatic carbocycles. The van der Waals surface area contributed by atoms with Crippen molar-refractivity contribution in [1.82, 2.24) is 9.55 Å². The average molecular weight is 816 g/mol. The maximum absolute atomic E-state index is 11.7. The minimum absolute atomic E-state index is 0. The Kier molecular flexibility index (Phi) is 12.5. The molecule has 0 unspecified atom stereocenters. The first-order chi connectivity index (χ1) is 22.6. The van der Waals surface area contributed by atoms with Crippen LogP contribution in [0.1, 0.15) is 75.6 Å². The van der Waals surface area contributed by atoms with Gasteiger partial charge >= 0.3 is 0 Å². The van der Waals surface area contributed by atoms with Gasteiger partial charge in [-0.1, -0.05) is 107 Å². The van der Waals surface area contributed by atoms with E-state index >= 15 is 0 Å². The Morgan fingerprint density at radius 3 is 2.06 bits per heavy atom. The van der Waals surface area contributed by atoms with E-state index in [1.165, 1.54) is 50.4 Å². The van der Waals surface area contributed by atoms with Gasteiger partial charge in [-0.25, -0.2) is 0 Å². The fourth-order valence-electron chi connectivity index (χ4n) is 7.29. The van der Waals surface area contributed by atoms with E-state index < -0.39 is 0 Å². The number of para-hydroxylation sites is 2. The summed E-state index contributed by atoms with van der Waals surface area (Å²) in [5.74, 6) is 1.51. The smallest absolute Gasteiger partial charge is 0.247 e. The van der Waals surface area contributed by atoms with E-state index in [1.807, 2.05) is 27.7 Å². The van der Waals surface area contributed by atoms with E-state index in [0.717, 1.165) is 48.2 Å². The summed E-state index contributed by atoms with van der Waals surface area (Å²) in [5.41, 5.74) is 13.6. The van der Waals surface area contributed by atoms with Gasteiger partial charge in [-0.2, -0.15) is 0 Å². The van der Waals surface area contributed by atoms with Crippen LogP contribution in [0.25, 0.3) is 28.1 Å². The van der Waals surface area contributed by atoms with Crippen molar-refractivity contribution in [2.75, 3.05) is 0 Å². The number of benzene rings is 4. The number of ketones is 1. The summed E-state index contributed by atoms with van der Waals surface area (Å²) in [6, 6.07) is 29.9. The predicted molar refractivity (Wildman–Crippen MR) is 199 cm³/mol. The monoisotopic (exact) mass is 816 g/mol. The molecule has 4 nitrogen and oxygen atoms in total. The Balaban J connectivity index is 0.000000279. The maximum atomic E-state index is 11.7. The molecular formula is C42H48BIrN2O2-. The number of aryl methyl sites for hydroxylation is 4. The zero-order chi connectivity index (χ0) is 33.8. The van der Waals surface area contributed by atoms with Gasteiger partial charge in [-0.3, -0.25) is 9.78 Å². The van der Waals surface area contributed by atoms with Crippen molar-refractivity contribution in [3.05, 3.63) is 113 Å². The number of fused-ring (bicyclic) bond motifs is 2. The number of aliphatic hydroxyl groups excluding tert-OH is 1. The van der Waals surface area contributed by atoms with Crippen LogP contribution in [0.4, 0.5) is 0 Å². The van der Waals surface area contributed by atoms with Gasteiger partial charge < -0.3 is 9.67 Å². The van der Waals surface area contributed by atoms with Crippen molar-refractivity contribution in [3.8, 4) is 17.1 Å². The van der Waals surface area contributed by atoms with Crippen molar-refractivity contribution < 1.29 is 30.0 Å². The summed E-state index contributed by atoms with van der Waals surface area (Å²) in [6.45, 7) is 17.0. The molecule has 0 aliphatic carbocycles. The topological polar surface area (TPSA) is 55.1 Å². The van der Waals surface area contributed by atoms with Crippen LogP contribution in [0, 0.1) is 45.6 Å². The maximum Gasteiger partial charge on any atom is 0.247 e. The van der Waals surface area contributed by atoms with Gasteiger partial charge in [-0.05, 0) is 62.6 Å². The minimum atomic E-state index is 0. The normalized spacial score (nSPS) is 12.1. The summed E-state index contributed by atoms with van der Waals surface area (Å²) >= 11 is 0. The molecule has 251 valence electrons. The number of rotatable bonds is 9. The SMILES string of the molecule is CCC(CC)C(=O)/C=C(\O)C(CC)CC.Cc1[c-]c(-c2nc3cccc4c3n2-c2ccccc2B4c2c(C)cccc2C)cc(C)c1.[Ir]. The fourth-order valence-corrected chi connectivity index (χ4v) is 7.29. The van der Waals surface area contributed by atoms with Crippen LogP contribution in [0.2, 0.25) is 0 Å². The van der Waals surface area contributed by atoms with Crippen LogP contribution in [0.15, 0.2) is 84.6 Å². The van der Waals surface area contributed by atoms with E-state index in [-0.39, 0.29) is 50.2 Å². The number of imidazole rings is 1. The fraction of sp³-hybridized carbons (Fsp3) is 0.333. The number of nitrogens with zero attached hydrogens (tertiary/aromatic N) is 2. The average Bonchev–Trinajstić information content (AvgIpc) is 3.44. The van der Waals surface area contributed by atoms with Gasteiger partial charge in [-0.15, -0.1) is 34.9 Å². The molecule has 6 heteroatoms. The predicted octanol–water partition coefficient (Wildman–Crippen LogP) is 8.42. The van der Waals surface area contributed by atoms with E-state index in [1.54, 1.807) is 0 Å². The summed E-state index contributed by atoms with van der Waals surface area (Å²) < 4.78 is 2.36. The molecule has 1 aliphatic rings. The van der Waals surface area contributed by atoms with Crippen LogP contribution in [0.3, 0.4) is 0 Å². The molecule has 2 heterocycles. The zero-order valence-corrected chi connectivity index (χ0v) is 32.0. The number of hydrogen-bond donors (Lipinski definition) is 1. The van der Waals surface area contributed by atoms with Crippen LogP contribution < -0.4 is 16.4 Å². The van der Waals surface area contributed by atoms with Crippen molar-refractivity contribution in [1.29, 1.82) is 0 Å². The third-order valence-electron chi connectivity index (χ3n) is 9.81. The molecule has 1 radical (unpaired) electrons. The molecule has 0 bridgehead atoms. The number of aliphatic hydroxyl groups is 1. The zero-order valence-electron chi connectivity index (χ0n) is 29.6. The molecule has 1 N–H and O–H groups in total. The Morgan fingerprint density at radius 1 is 0.833 bits per heavy atom. The molecule has 0 amide bonds. The van der Waals surface area contributed by atoms with Gasteiger partial charge in [0.15, 0.2) is 5.78 Å². The number of carbonyl (C=O) groups is 1. The number of hydrogen-bond acceptors (Lipinski definition) is 3.